The first-order valence-electron chi connectivity index (χ1n) is 4.31. The van der Waals surface area contributed by atoms with Crippen LogP contribution in [0.2, 0.25) is 0 Å². The van der Waals surface area contributed by atoms with Gasteiger partial charge in [0.25, 0.3) is 0 Å². The first kappa shape index (κ1) is 11.8. The number of alkyl halides is 3. The molecule has 15 heavy (non-hydrogen) atoms. The third-order valence-electron chi connectivity index (χ3n) is 2.01. The van der Waals surface area contributed by atoms with Crippen molar-refractivity contribution in [1.29, 1.82) is 0 Å². The molecule has 0 fully saturated rings. The summed E-state index contributed by atoms with van der Waals surface area (Å²) in [6, 6.07) is 5.57. The van der Waals surface area contributed by atoms with E-state index in [0.29, 0.717) is 5.56 Å². The van der Waals surface area contributed by atoms with E-state index in [4.69, 9.17) is 5.11 Å². The number of phenolic OH excluding ortho intramolecular Hbond substituents is 1. The Balaban J connectivity index is 2.71. The lowest BCUT2D eigenvalue weighted by molar-refractivity contribution is -0.212. The average Bonchev–Trinajstić information content (AvgIpc) is 2.15. The molecule has 0 spiro atoms. The molecule has 1 unspecified atom stereocenters. The van der Waals surface area contributed by atoms with E-state index in [-0.39, 0.29) is 12.2 Å². The van der Waals surface area contributed by atoms with Crippen molar-refractivity contribution in [2.75, 3.05) is 7.11 Å². The maximum Gasteiger partial charge on any atom is 0.414 e. The smallest absolute Gasteiger partial charge is 0.414 e. The second-order valence-electron chi connectivity index (χ2n) is 3.14. The summed E-state index contributed by atoms with van der Waals surface area (Å²) in [5.74, 6) is 0.0275. The van der Waals surface area contributed by atoms with Crippen LogP contribution in [0.25, 0.3) is 0 Å². The molecule has 1 atom stereocenters. The molecular formula is C10H11F3O2. The average molecular weight is 220 g/mol. The summed E-state index contributed by atoms with van der Waals surface area (Å²) in [6.45, 7) is 0. The van der Waals surface area contributed by atoms with Gasteiger partial charge in [-0.3, -0.25) is 0 Å². The van der Waals surface area contributed by atoms with E-state index in [2.05, 4.69) is 4.74 Å². The molecule has 5 heteroatoms. The predicted molar refractivity (Wildman–Crippen MR) is 48.7 cm³/mol. The Morgan fingerprint density at radius 3 is 2.20 bits per heavy atom. The number of methoxy groups -OCH3 is 1. The highest BCUT2D eigenvalue weighted by Gasteiger charge is 2.39. The summed E-state index contributed by atoms with van der Waals surface area (Å²) in [4.78, 5) is 0. The molecule has 1 N–H and O–H groups in total. The van der Waals surface area contributed by atoms with Crippen LogP contribution in [0.4, 0.5) is 13.2 Å². The highest BCUT2D eigenvalue weighted by molar-refractivity contribution is 5.26. The lowest BCUT2D eigenvalue weighted by atomic mass is 10.1. The second-order valence-corrected chi connectivity index (χ2v) is 3.14. The Hall–Kier alpha value is -1.23. The van der Waals surface area contributed by atoms with Crippen molar-refractivity contribution < 1.29 is 23.0 Å². The molecule has 0 saturated carbocycles. The van der Waals surface area contributed by atoms with E-state index in [0.717, 1.165) is 7.11 Å². The Morgan fingerprint density at radius 2 is 1.80 bits per heavy atom. The van der Waals surface area contributed by atoms with E-state index < -0.39 is 12.3 Å². The van der Waals surface area contributed by atoms with Crippen LogP contribution in [0.1, 0.15) is 5.56 Å². The van der Waals surface area contributed by atoms with Gasteiger partial charge in [-0.1, -0.05) is 12.1 Å². The molecule has 0 aliphatic heterocycles. The van der Waals surface area contributed by atoms with Crippen LogP contribution in [-0.4, -0.2) is 24.5 Å². The minimum atomic E-state index is -4.37. The van der Waals surface area contributed by atoms with Crippen molar-refractivity contribution in [3.63, 3.8) is 0 Å². The van der Waals surface area contributed by atoms with Gasteiger partial charge >= 0.3 is 6.18 Å². The number of halogens is 3. The molecule has 0 aromatic heterocycles. The largest absolute Gasteiger partial charge is 0.508 e. The lowest BCUT2D eigenvalue weighted by Crippen LogP contribution is -2.32. The Bertz CT molecular complexity index is 305. The van der Waals surface area contributed by atoms with Crippen LogP contribution in [0.15, 0.2) is 24.3 Å². The standard InChI is InChI=1S/C10H11F3O2/c1-15-9(10(11,12)13)6-7-2-4-8(14)5-3-7/h2-5,9,14H,6H2,1H3. The number of rotatable bonds is 3. The predicted octanol–water partition coefficient (Wildman–Crippen LogP) is 2.51. The number of phenols is 1. The Kier molecular flexibility index (Phi) is 3.57. The summed E-state index contributed by atoms with van der Waals surface area (Å²) in [7, 11) is 1.03. The van der Waals surface area contributed by atoms with Crippen LogP contribution < -0.4 is 0 Å². The maximum atomic E-state index is 12.3. The number of hydrogen-bond acceptors (Lipinski definition) is 2. The van der Waals surface area contributed by atoms with Gasteiger partial charge in [-0.05, 0) is 17.7 Å². The van der Waals surface area contributed by atoms with Crippen molar-refractivity contribution in [2.24, 2.45) is 0 Å². The van der Waals surface area contributed by atoms with Crippen LogP contribution in [0, 0.1) is 0 Å². The molecule has 1 rings (SSSR count). The van der Waals surface area contributed by atoms with Gasteiger partial charge in [-0.25, -0.2) is 0 Å². The van der Waals surface area contributed by atoms with Crippen LogP contribution in [-0.2, 0) is 11.2 Å². The van der Waals surface area contributed by atoms with Gasteiger partial charge in [0.2, 0.25) is 0 Å². The van der Waals surface area contributed by atoms with Crippen molar-refractivity contribution in [1.82, 2.24) is 0 Å². The molecule has 0 radical (unpaired) electrons. The fourth-order valence-electron chi connectivity index (χ4n) is 1.18. The first-order chi connectivity index (χ1) is 6.93. The van der Waals surface area contributed by atoms with Crippen molar-refractivity contribution in [3.8, 4) is 5.75 Å². The fourth-order valence-corrected chi connectivity index (χ4v) is 1.18. The van der Waals surface area contributed by atoms with Crippen LogP contribution in [0.5, 0.6) is 5.75 Å². The molecule has 0 saturated heterocycles. The van der Waals surface area contributed by atoms with Crippen LogP contribution in [0.3, 0.4) is 0 Å². The van der Waals surface area contributed by atoms with Gasteiger partial charge in [-0.2, -0.15) is 13.2 Å². The number of ether oxygens (including phenoxy) is 1. The fraction of sp³-hybridized carbons (Fsp3) is 0.400. The van der Waals surface area contributed by atoms with Crippen molar-refractivity contribution in [2.45, 2.75) is 18.7 Å². The molecule has 2 nitrogen and oxygen atoms in total. The topological polar surface area (TPSA) is 29.5 Å². The molecule has 1 aromatic rings. The Labute approximate surface area is 85.3 Å². The summed E-state index contributed by atoms with van der Waals surface area (Å²) in [6.07, 6.45) is -6.42. The summed E-state index contributed by atoms with van der Waals surface area (Å²) >= 11 is 0. The van der Waals surface area contributed by atoms with E-state index in [1.807, 2.05) is 0 Å². The number of hydrogen-bond donors (Lipinski definition) is 1. The minimum absolute atomic E-state index is 0.0275. The van der Waals surface area contributed by atoms with Gasteiger partial charge in [-0.15, -0.1) is 0 Å². The zero-order valence-corrected chi connectivity index (χ0v) is 8.08. The monoisotopic (exact) mass is 220 g/mol. The maximum absolute atomic E-state index is 12.3. The quantitative estimate of drug-likeness (QED) is 0.848. The highest BCUT2D eigenvalue weighted by Crippen LogP contribution is 2.25. The van der Waals surface area contributed by atoms with Crippen LogP contribution >= 0.6 is 0 Å². The molecule has 84 valence electrons. The Morgan fingerprint density at radius 1 is 1.27 bits per heavy atom. The minimum Gasteiger partial charge on any atom is -0.508 e. The van der Waals surface area contributed by atoms with E-state index in [1.165, 1.54) is 24.3 Å². The van der Waals surface area contributed by atoms with E-state index >= 15 is 0 Å². The van der Waals surface area contributed by atoms with E-state index in [1.54, 1.807) is 0 Å². The number of benzene rings is 1. The second kappa shape index (κ2) is 4.53. The van der Waals surface area contributed by atoms with Gasteiger partial charge in [0.1, 0.15) is 5.75 Å². The molecule has 0 aliphatic rings. The van der Waals surface area contributed by atoms with Crippen molar-refractivity contribution >= 4 is 0 Å². The normalized spacial score (nSPS) is 13.9. The third-order valence-corrected chi connectivity index (χ3v) is 2.01. The zero-order valence-electron chi connectivity index (χ0n) is 8.08. The van der Waals surface area contributed by atoms with Gasteiger partial charge < -0.3 is 9.84 Å². The highest BCUT2D eigenvalue weighted by atomic mass is 19.4. The molecule has 0 bridgehead atoms. The molecule has 0 amide bonds. The summed E-state index contributed by atoms with van der Waals surface area (Å²) in [5, 5.41) is 8.95. The zero-order chi connectivity index (χ0) is 11.5. The lowest BCUT2D eigenvalue weighted by Gasteiger charge is -2.18. The van der Waals surface area contributed by atoms with Gasteiger partial charge in [0.15, 0.2) is 6.10 Å². The molecular weight excluding hydrogens is 209 g/mol. The third kappa shape index (κ3) is 3.43. The van der Waals surface area contributed by atoms with Crippen molar-refractivity contribution in [3.05, 3.63) is 29.8 Å². The number of aromatic hydroxyl groups is 1. The van der Waals surface area contributed by atoms with Gasteiger partial charge in [0.05, 0.1) is 0 Å². The summed E-state index contributed by atoms with van der Waals surface area (Å²) < 4.78 is 41.3. The first-order valence-corrected chi connectivity index (χ1v) is 4.31. The molecule has 0 heterocycles. The molecule has 0 aliphatic carbocycles. The van der Waals surface area contributed by atoms with Gasteiger partial charge in [0, 0.05) is 13.5 Å². The summed E-state index contributed by atoms with van der Waals surface area (Å²) in [5.41, 5.74) is 0.469. The molecule has 1 aromatic carbocycles. The SMILES string of the molecule is COC(Cc1ccc(O)cc1)C(F)(F)F. The van der Waals surface area contributed by atoms with E-state index in [9.17, 15) is 13.2 Å².